The van der Waals surface area contributed by atoms with Crippen molar-refractivity contribution in [3.05, 3.63) is 29.3 Å². The number of amides is 1. The minimum Gasteiger partial charge on any atom is -0.409 e. The van der Waals surface area contributed by atoms with Crippen LogP contribution in [-0.4, -0.2) is 17.0 Å². The minimum atomic E-state index is -0.870. The van der Waals surface area contributed by atoms with Gasteiger partial charge in [-0.25, -0.2) is 0 Å². The largest absolute Gasteiger partial charge is 0.409 e. The number of carbonyl (C=O) groups is 1. The minimum absolute atomic E-state index is 0.0119. The van der Waals surface area contributed by atoms with Crippen molar-refractivity contribution >= 4 is 17.4 Å². The lowest BCUT2D eigenvalue weighted by molar-refractivity contribution is -0.122. The summed E-state index contributed by atoms with van der Waals surface area (Å²) in [6.45, 7) is 3.97. The topological polar surface area (TPSA) is 87.7 Å². The van der Waals surface area contributed by atoms with Crippen molar-refractivity contribution in [3.8, 4) is 0 Å². The van der Waals surface area contributed by atoms with E-state index < -0.39 is 5.41 Å². The first kappa shape index (κ1) is 14.4. The molecule has 20 heavy (non-hydrogen) atoms. The zero-order valence-electron chi connectivity index (χ0n) is 11.9. The lowest BCUT2D eigenvalue weighted by Gasteiger charge is -2.26. The van der Waals surface area contributed by atoms with Crippen molar-refractivity contribution in [2.45, 2.75) is 39.5 Å². The second-order valence-electron chi connectivity index (χ2n) is 5.48. The number of oxime groups is 1. The van der Waals surface area contributed by atoms with Crippen molar-refractivity contribution < 1.29 is 10.0 Å². The van der Waals surface area contributed by atoms with Gasteiger partial charge in [0.15, 0.2) is 5.84 Å². The Kier molecular flexibility index (Phi) is 3.97. The highest BCUT2D eigenvalue weighted by Crippen LogP contribution is 2.39. The molecule has 0 atom stereocenters. The van der Waals surface area contributed by atoms with E-state index in [1.165, 1.54) is 0 Å². The third-order valence-electron chi connectivity index (χ3n) is 4.34. The van der Waals surface area contributed by atoms with Crippen LogP contribution in [0.4, 0.5) is 5.69 Å². The fourth-order valence-electron chi connectivity index (χ4n) is 2.80. The van der Waals surface area contributed by atoms with Crippen molar-refractivity contribution in [1.29, 1.82) is 0 Å². The number of benzene rings is 1. The van der Waals surface area contributed by atoms with Crippen LogP contribution in [0.2, 0.25) is 0 Å². The molecule has 0 radical (unpaired) electrons. The summed E-state index contributed by atoms with van der Waals surface area (Å²) < 4.78 is 0. The molecule has 1 amide bonds. The molecule has 0 aliphatic heterocycles. The molecule has 1 saturated carbocycles. The molecule has 0 unspecified atom stereocenters. The van der Waals surface area contributed by atoms with Gasteiger partial charge in [0.25, 0.3) is 0 Å². The number of aryl methyl sites for hydroxylation is 1. The molecule has 1 aliphatic rings. The first-order chi connectivity index (χ1) is 9.51. The van der Waals surface area contributed by atoms with Crippen LogP contribution in [0.3, 0.4) is 0 Å². The number of hydrogen-bond donors (Lipinski definition) is 3. The average Bonchev–Trinajstić information content (AvgIpc) is 2.93. The predicted molar refractivity (Wildman–Crippen MR) is 78.9 cm³/mol. The van der Waals surface area contributed by atoms with E-state index in [2.05, 4.69) is 10.5 Å². The van der Waals surface area contributed by atoms with Crippen molar-refractivity contribution in [3.63, 3.8) is 0 Å². The number of nitrogens with one attached hydrogen (secondary N) is 1. The highest BCUT2D eigenvalue weighted by Gasteiger charge is 2.45. The van der Waals surface area contributed by atoms with E-state index in [0.717, 1.165) is 29.7 Å². The number of nitrogens with zero attached hydrogens (tertiary/aromatic N) is 1. The van der Waals surface area contributed by atoms with E-state index in [1.54, 1.807) is 0 Å². The van der Waals surface area contributed by atoms with Gasteiger partial charge in [-0.3, -0.25) is 4.79 Å². The Morgan fingerprint density at radius 3 is 2.60 bits per heavy atom. The molecule has 1 fully saturated rings. The number of rotatable bonds is 3. The molecule has 1 aromatic rings. The van der Waals surface area contributed by atoms with Gasteiger partial charge >= 0.3 is 0 Å². The Labute approximate surface area is 118 Å². The summed E-state index contributed by atoms with van der Waals surface area (Å²) in [5.74, 6) is -0.170. The van der Waals surface area contributed by atoms with Gasteiger partial charge in [-0.1, -0.05) is 30.1 Å². The number of nitrogens with two attached hydrogens (primary N) is 1. The van der Waals surface area contributed by atoms with Gasteiger partial charge in [-0.15, -0.1) is 0 Å². The van der Waals surface area contributed by atoms with Crippen LogP contribution in [0.25, 0.3) is 0 Å². The molecular weight excluding hydrogens is 254 g/mol. The maximum absolute atomic E-state index is 12.6. The SMILES string of the molecule is Cc1cccc(NC(=O)C2(C(N)=NO)CCCC2)c1C. The number of carbonyl (C=O) groups excluding carboxylic acids is 1. The molecule has 108 valence electrons. The predicted octanol–water partition coefficient (Wildman–Crippen LogP) is 2.55. The average molecular weight is 275 g/mol. The highest BCUT2D eigenvalue weighted by molar-refractivity contribution is 6.12. The smallest absolute Gasteiger partial charge is 0.238 e. The van der Waals surface area contributed by atoms with E-state index >= 15 is 0 Å². The van der Waals surface area contributed by atoms with E-state index in [4.69, 9.17) is 10.9 Å². The van der Waals surface area contributed by atoms with E-state index in [1.807, 2.05) is 32.0 Å². The molecule has 1 aromatic carbocycles. The Bertz CT molecular complexity index is 546. The summed E-state index contributed by atoms with van der Waals surface area (Å²) in [4.78, 5) is 12.6. The van der Waals surface area contributed by atoms with E-state index in [-0.39, 0.29) is 11.7 Å². The lowest BCUT2D eigenvalue weighted by Crippen LogP contribution is -2.45. The van der Waals surface area contributed by atoms with Crippen molar-refractivity contribution in [1.82, 2.24) is 0 Å². The van der Waals surface area contributed by atoms with Crippen LogP contribution < -0.4 is 11.1 Å². The molecule has 0 heterocycles. The highest BCUT2D eigenvalue weighted by atomic mass is 16.4. The maximum Gasteiger partial charge on any atom is 0.238 e. The standard InChI is InChI=1S/C15H21N3O2/c1-10-6-5-7-12(11(10)2)17-14(19)15(13(16)18-20)8-3-4-9-15/h5-7,20H,3-4,8-9H2,1-2H3,(H2,16,18)(H,17,19). The normalized spacial score (nSPS) is 18.0. The summed E-state index contributed by atoms with van der Waals surface area (Å²) in [7, 11) is 0. The Morgan fingerprint density at radius 2 is 2.00 bits per heavy atom. The lowest BCUT2D eigenvalue weighted by atomic mass is 9.83. The van der Waals surface area contributed by atoms with Gasteiger partial charge in [0.1, 0.15) is 5.41 Å². The third kappa shape index (κ3) is 2.35. The fourth-order valence-corrected chi connectivity index (χ4v) is 2.80. The Balaban J connectivity index is 2.28. The van der Waals surface area contributed by atoms with Gasteiger partial charge in [-0.05, 0) is 43.9 Å². The molecule has 0 saturated heterocycles. The van der Waals surface area contributed by atoms with Crippen LogP contribution >= 0.6 is 0 Å². The monoisotopic (exact) mass is 275 g/mol. The van der Waals surface area contributed by atoms with Crippen molar-refractivity contribution in [2.24, 2.45) is 16.3 Å². The summed E-state index contributed by atoms with van der Waals surface area (Å²) >= 11 is 0. The summed E-state index contributed by atoms with van der Waals surface area (Å²) in [6, 6.07) is 5.78. The molecular formula is C15H21N3O2. The van der Waals surface area contributed by atoms with E-state index in [0.29, 0.717) is 12.8 Å². The zero-order valence-corrected chi connectivity index (χ0v) is 11.9. The molecule has 1 aliphatic carbocycles. The molecule has 4 N–H and O–H groups in total. The Morgan fingerprint density at radius 1 is 1.35 bits per heavy atom. The fraction of sp³-hybridized carbons (Fsp3) is 0.467. The summed E-state index contributed by atoms with van der Waals surface area (Å²) in [5.41, 5.74) is 7.84. The maximum atomic E-state index is 12.6. The zero-order chi connectivity index (χ0) is 14.8. The number of anilines is 1. The summed E-state index contributed by atoms with van der Waals surface area (Å²) in [6.07, 6.45) is 3.08. The Hall–Kier alpha value is -2.04. The van der Waals surface area contributed by atoms with Gasteiger partial charge in [0.2, 0.25) is 5.91 Å². The van der Waals surface area contributed by atoms with Crippen molar-refractivity contribution in [2.75, 3.05) is 5.32 Å². The van der Waals surface area contributed by atoms with Gasteiger partial charge < -0.3 is 16.3 Å². The molecule has 2 rings (SSSR count). The van der Waals surface area contributed by atoms with Crippen LogP contribution in [0, 0.1) is 19.3 Å². The third-order valence-corrected chi connectivity index (χ3v) is 4.34. The van der Waals surface area contributed by atoms with E-state index in [9.17, 15) is 4.79 Å². The second-order valence-corrected chi connectivity index (χ2v) is 5.48. The number of amidine groups is 1. The van der Waals surface area contributed by atoms with Crippen LogP contribution in [0.15, 0.2) is 23.4 Å². The quantitative estimate of drug-likeness (QED) is 0.343. The van der Waals surface area contributed by atoms with Gasteiger partial charge in [-0.2, -0.15) is 0 Å². The van der Waals surface area contributed by atoms with Crippen LogP contribution in [0.5, 0.6) is 0 Å². The first-order valence-electron chi connectivity index (χ1n) is 6.87. The first-order valence-corrected chi connectivity index (χ1v) is 6.87. The second kappa shape index (κ2) is 5.53. The molecule has 0 bridgehead atoms. The summed E-state index contributed by atoms with van der Waals surface area (Å²) in [5, 5.41) is 15.0. The van der Waals surface area contributed by atoms with Gasteiger partial charge in [0.05, 0.1) is 0 Å². The van der Waals surface area contributed by atoms with Crippen LogP contribution in [-0.2, 0) is 4.79 Å². The molecule has 0 spiro atoms. The number of hydrogen-bond acceptors (Lipinski definition) is 3. The molecule has 5 nitrogen and oxygen atoms in total. The van der Waals surface area contributed by atoms with Gasteiger partial charge in [0, 0.05) is 5.69 Å². The molecule has 0 aromatic heterocycles. The molecule has 5 heteroatoms. The van der Waals surface area contributed by atoms with Crippen LogP contribution in [0.1, 0.15) is 36.8 Å².